The van der Waals surface area contributed by atoms with Gasteiger partial charge < -0.3 is 20.2 Å². The Balaban J connectivity index is 1.52. The van der Waals surface area contributed by atoms with E-state index in [9.17, 15) is 9.59 Å². The first-order valence-electron chi connectivity index (χ1n) is 6.64. The minimum atomic E-state index is -0.694. The van der Waals surface area contributed by atoms with Gasteiger partial charge >= 0.3 is 12.0 Å². The predicted octanol–water partition coefficient (Wildman–Crippen LogP) is -0.193. The number of piperazine rings is 1. The number of urea groups is 1. The molecule has 2 heterocycles. The molecule has 3 aliphatic rings. The number of hydrogen-bond donors (Lipinski definition) is 2. The summed E-state index contributed by atoms with van der Waals surface area (Å²) in [6.07, 6.45) is 1.45. The van der Waals surface area contributed by atoms with Gasteiger partial charge in [-0.1, -0.05) is 0 Å². The third-order valence-electron chi connectivity index (χ3n) is 4.36. The number of carboxylic acids is 1. The predicted molar refractivity (Wildman–Crippen MR) is 64.2 cm³/mol. The van der Waals surface area contributed by atoms with Crippen LogP contribution in [0, 0.1) is 11.8 Å². The molecule has 2 saturated heterocycles. The smallest absolute Gasteiger partial charge is 0.320 e. The molecule has 3 fully saturated rings. The molecule has 0 unspecified atom stereocenters. The standard InChI is InChI=1S/C12H19N3O3/c16-11(17)9-3-8(4-9)6-14-7-10-5-13-1-2-15(10)12(14)18/h8-10,13H,1-7H2,(H,16,17)/t8?,9?,10-/m0/s1. The maximum absolute atomic E-state index is 12.1. The minimum Gasteiger partial charge on any atom is -0.481 e. The van der Waals surface area contributed by atoms with E-state index in [0.29, 0.717) is 12.0 Å². The van der Waals surface area contributed by atoms with Crippen molar-refractivity contribution >= 4 is 12.0 Å². The molecule has 0 aromatic rings. The first-order valence-corrected chi connectivity index (χ1v) is 6.64. The highest BCUT2D eigenvalue weighted by molar-refractivity contribution is 5.77. The zero-order chi connectivity index (χ0) is 12.7. The van der Waals surface area contributed by atoms with Crippen LogP contribution in [0.1, 0.15) is 12.8 Å². The number of amides is 2. The van der Waals surface area contributed by atoms with Crippen molar-refractivity contribution in [3.05, 3.63) is 0 Å². The highest BCUT2D eigenvalue weighted by Crippen LogP contribution is 2.35. The van der Waals surface area contributed by atoms with Gasteiger partial charge in [0.2, 0.25) is 0 Å². The van der Waals surface area contributed by atoms with Crippen molar-refractivity contribution in [2.24, 2.45) is 11.8 Å². The second-order valence-corrected chi connectivity index (χ2v) is 5.61. The molecule has 0 aromatic heterocycles. The van der Waals surface area contributed by atoms with Crippen molar-refractivity contribution in [3.8, 4) is 0 Å². The molecule has 3 rings (SSSR count). The van der Waals surface area contributed by atoms with Gasteiger partial charge in [-0.05, 0) is 18.8 Å². The van der Waals surface area contributed by atoms with Crippen LogP contribution < -0.4 is 5.32 Å². The number of carbonyl (C=O) groups is 2. The van der Waals surface area contributed by atoms with Crippen molar-refractivity contribution in [1.29, 1.82) is 0 Å². The molecule has 0 radical (unpaired) electrons. The van der Waals surface area contributed by atoms with Gasteiger partial charge in [0.1, 0.15) is 0 Å². The largest absolute Gasteiger partial charge is 0.481 e. The van der Waals surface area contributed by atoms with E-state index < -0.39 is 5.97 Å². The Hall–Kier alpha value is -1.30. The SMILES string of the molecule is O=C(O)C1CC(CN2C[C@@H]3CNCCN3C2=O)C1. The number of hydrogen-bond acceptors (Lipinski definition) is 3. The second-order valence-electron chi connectivity index (χ2n) is 5.61. The number of rotatable bonds is 3. The second kappa shape index (κ2) is 4.42. The van der Waals surface area contributed by atoms with Gasteiger partial charge in [0.15, 0.2) is 0 Å². The van der Waals surface area contributed by atoms with Crippen LogP contribution in [0.5, 0.6) is 0 Å². The number of nitrogens with zero attached hydrogens (tertiary/aromatic N) is 2. The summed E-state index contributed by atoms with van der Waals surface area (Å²) in [4.78, 5) is 26.7. The van der Waals surface area contributed by atoms with Crippen LogP contribution in [0.25, 0.3) is 0 Å². The number of aliphatic carboxylic acids is 1. The van der Waals surface area contributed by atoms with Crippen LogP contribution in [0.2, 0.25) is 0 Å². The maximum atomic E-state index is 12.1. The summed E-state index contributed by atoms with van der Waals surface area (Å²) >= 11 is 0. The summed E-state index contributed by atoms with van der Waals surface area (Å²) in [5, 5.41) is 12.1. The third-order valence-corrected chi connectivity index (χ3v) is 4.36. The Morgan fingerprint density at radius 2 is 2.22 bits per heavy atom. The molecule has 1 atom stereocenters. The molecule has 2 N–H and O–H groups in total. The molecule has 1 aliphatic carbocycles. The summed E-state index contributed by atoms with van der Waals surface area (Å²) in [5.74, 6) is -0.498. The van der Waals surface area contributed by atoms with E-state index in [1.165, 1.54) is 0 Å². The fraction of sp³-hybridized carbons (Fsp3) is 0.833. The van der Waals surface area contributed by atoms with E-state index in [4.69, 9.17) is 5.11 Å². The van der Waals surface area contributed by atoms with E-state index in [2.05, 4.69) is 5.32 Å². The molecule has 100 valence electrons. The van der Waals surface area contributed by atoms with Crippen LogP contribution in [0.15, 0.2) is 0 Å². The minimum absolute atomic E-state index is 0.139. The molecule has 6 nitrogen and oxygen atoms in total. The zero-order valence-electron chi connectivity index (χ0n) is 10.3. The van der Waals surface area contributed by atoms with Crippen LogP contribution >= 0.6 is 0 Å². The number of nitrogens with one attached hydrogen (secondary N) is 1. The first-order chi connectivity index (χ1) is 8.65. The Morgan fingerprint density at radius 3 is 2.89 bits per heavy atom. The lowest BCUT2D eigenvalue weighted by Crippen LogP contribution is -2.50. The van der Waals surface area contributed by atoms with Crippen molar-refractivity contribution < 1.29 is 14.7 Å². The summed E-state index contributed by atoms with van der Waals surface area (Å²) in [6.45, 7) is 4.07. The van der Waals surface area contributed by atoms with Crippen LogP contribution in [-0.4, -0.2) is 65.7 Å². The van der Waals surface area contributed by atoms with Crippen molar-refractivity contribution in [1.82, 2.24) is 15.1 Å². The first kappa shape index (κ1) is 11.8. The number of carboxylic acid groups (broad SMARTS) is 1. The number of carbonyl (C=O) groups excluding carboxylic acids is 1. The molecular formula is C12H19N3O3. The molecular weight excluding hydrogens is 234 g/mol. The third kappa shape index (κ3) is 1.94. The van der Waals surface area contributed by atoms with E-state index in [-0.39, 0.29) is 11.9 Å². The van der Waals surface area contributed by atoms with Crippen LogP contribution in [0.3, 0.4) is 0 Å². The fourth-order valence-corrected chi connectivity index (χ4v) is 3.24. The van der Waals surface area contributed by atoms with Crippen LogP contribution in [-0.2, 0) is 4.79 Å². The molecule has 6 heteroatoms. The lowest BCUT2D eigenvalue weighted by Gasteiger charge is -2.34. The summed E-state index contributed by atoms with van der Waals surface area (Å²) in [7, 11) is 0. The molecule has 1 saturated carbocycles. The monoisotopic (exact) mass is 253 g/mol. The van der Waals surface area contributed by atoms with E-state index in [1.807, 2.05) is 9.80 Å². The Labute approximate surface area is 106 Å². The van der Waals surface area contributed by atoms with Gasteiger partial charge in [-0.2, -0.15) is 0 Å². The Bertz CT molecular complexity index is 368. The van der Waals surface area contributed by atoms with Gasteiger partial charge in [0.25, 0.3) is 0 Å². The summed E-state index contributed by atoms with van der Waals surface area (Å²) in [6, 6.07) is 0.446. The van der Waals surface area contributed by atoms with Gasteiger partial charge in [0, 0.05) is 32.7 Å². The normalized spacial score (nSPS) is 35.3. The Morgan fingerprint density at radius 1 is 1.44 bits per heavy atom. The quantitative estimate of drug-likeness (QED) is 0.731. The highest BCUT2D eigenvalue weighted by Gasteiger charge is 2.42. The lowest BCUT2D eigenvalue weighted by atomic mass is 9.75. The van der Waals surface area contributed by atoms with Gasteiger partial charge in [-0.25, -0.2) is 4.79 Å². The molecule has 0 aromatic carbocycles. The fourth-order valence-electron chi connectivity index (χ4n) is 3.24. The van der Waals surface area contributed by atoms with Gasteiger partial charge in [-0.15, -0.1) is 0 Å². The van der Waals surface area contributed by atoms with Gasteiger partial charge in [0.05, 0.1) is 12.0 Å². The lowest BCUT2D eigenvalue weighted by molar-refractivity contribution is -0.146. The van der Waals surface area contributed by atoms with Crippen molar-refractivity contribution in [3.63, 3.8) is 0 Å². The van der Waals surface area contributed by atoms with E-state index >= 15 is 0 Å². The molecule has 2 amide bonds. The van der Waals surface area contributed by atoms with Crippen LogP contribution in [0.4, 0.5) is 4.79 Å². The van der Waals surface area contributed by atoms with Gasteiger partial charge in [-0.3, -0.25) is 4.79 Å². The average molecular weight is 253 g/mol. The molecule has 18 heavy (non-hydrogen) atoms. The van der Waals surface area contributed by atoms with Crippen molar-refractivity contribution in [2.45, 2.75) is 18.9 Å². The summed E-state index contributed by atoms with van der Waals surface area (Å²) in [5.41, 5.74) is 0. The van der Waals surface area contributed by atoms with E-state index in [0.717, 1.165) is 45.6 Å². The molecule has 0 spiro atoms. The molecule has 2 aliphatic heterocycles. The van der Waals surface area contributed by atoms with Crippen molar-refractivity contribution in [2.75, 3.05) is 32.7 Å². The number of fused-ring (bicyclic) bond motifs is 1. The van der Waals surface area contributed by atoms with E-state index in [1.54, 1.807) is 0 Å². The Kier molecular flexibility index (Phi) is 2.89. The highest BCUT2D eigenvalue weighted by atomic mass is 16.4. The maximum Gasteiger partial charge on any atom is 0.320 e. The molecule has 0 bridgehead atoms. The average Bonchev–Trinajstić information content (AvgIpc) is 2.60. The zero-order valence-corrected chi connectivity index (χ0v) is 10.3. The topological polar surface area (TPSA) is 72.9 Å². The summed E-state index contributed by atoms with van der Waals surface area (Å²) < 4.78 is 0.